The molecule has 9 nitrogen and oxygen atoms in total. The molecule has 0 saturated carbocycles. The van der Waals surface area contributed by atoms with Crippen molar-refractivity contribution in [3.8, 4) is 5.88 Å². The molecular formula is C17H18N4O5. The quantitative estimate of drug-likeness (QED) is 0.446. The van der Waals surface area contributed by atoms with Crippen molar-refractivity contribution < 1.29 is 10.0 Å². The number of rotatable bonds is 7. The number of aromatic hydroxyl groups is 1. The third-order valence-electron chi connectivity index (χ3n) is 3.57. The van der Waals surface area contributed by atoms with E-state index in [0.29, 0.717) is 12.0 Å². The number of nitrogens with zero attached hydrogens (tertiary/aromatic N) is 3. The molecule has 0 atom stereocenters. The minimum absolute atomic E-state index is 0.0124. The van der Waals surface area contributed by atoms with Gasteiger partial charge in [-0.1, -0.05) is 19.4 Å². The molecule has 0 aliphatic heterocycles. The second kappa shape index (κ2) is 8.56. The van der Waals surface area contributed by atoms with Crippen LogP contribution in [0.2, 0.25) is 0 Å². The fourth-order valence-electron chi connectivity index (χ4n) is 2.17. The number of aliphatic imine (C=N–C) groups is 1. The second-order valence-electron chi connectivity index (χ2n) is 5.42. The fraction of sp³-hybridized carbons (Fsp3) is 0.235. The predicted octanol–water partition coefficient (Wildman–Crippen LogP) is 2.37. The van der Waals surface area contributed by atoms with E-state index in [1.54, 1.807) is 18.2 Å². The maximum atomic E-state index is 11.8. The van der Waals surface area contributed by atoms with Gasteiger partial charge in [0.2, 0.25) is 5.88 Å². The van der Waals surface area contributed by atoms with Gasteiger partial charge >= 0.3 is 5.69 Å². The van der Waals surface area contributed by atoms with E-state index in [4.69, 9.17) is 0 Å². The van der Waals surface area contributed by atoms with Gasteiger partial charge in [-0.2, -0.15) is 0 Å². The number of nitrogens with one attached hydrogen (secondary N) is 1. The number of H-pyrrole nitrogens is 1. The monoisotopic (exact) mass is 358 g/mol. The van der Waals surface area contributed by atoms with Gasteiger partial charge in [0, 0.05) is 24.9 Å². The summed E-state index contributed by atoms with van der Waals surface area (Å²) in [5, 5.41) is 20.7. The molecule has 0 radical (unpaired) electrons. The summed E-state index contributed by atoms with van der Waals surface area (Å²) < 4.78 is 1.07. The number of hydrogen-bond donors (Lipinski definition) is 2. The number of allylic oxidation sites excluding steroid dienone is 1. The lowest BCUT2D eigenvalue weighted by molar-refractivity contribution is -0.384. The summed E-state index contributed by atoms with van der Waals surface area (Å²) in [5.41, 5.74) is -1.02. The number of non-ortho nitro benzene ring substituents is 1. The SMILES string of the molecule is CCCCn1c(O)c(N=C/C=C/c2ccc([N+](=O)[O-])cc2)c(=O)[nH]c1=O. The van der Waals surface area contributed by atoms with E-state index in [1.165, 1.54) is 24.4 Å². The van der Waals surface area contributed by atoms with Gasteiger partial charge < -0.3 is 5.11 Å². The van der Waals surface area contributed by atoms with Crippen LogP contribution in [0.5, 0.6) is 5.88 Å². The Morgan fingerprint density at radius 3 is 2.62 bits per heavy atom. The van der Waals surface area contributed by atoms with Crippen molar-refractivity contribution in [1.82, 2.24) is 9.55 Å². The highest BCUT2D eigenvalue weighted by atomic mass is 16.6. The number of unbranched alkanes of at least 4 members (excludes halogenated alkanes) is 1. The molecule has 0 aliphatic carbocycles. The molecule has 0 spiro atoms. The number of aromatic amines is 1. The molecule has 136 valence electrons. The maximum Gasteiger partial charge on any atom is 0.331 e. The Kier molecular flexibility index (Phi) is 6.20. The van der Waals surface area contributed by atoms with Gasteiger partial charge in [-0.25, -0.2) is 9.79 Å². The highest BCUT2D eigenvalue weighted by molar-refractivity contribution is 5.80. The van der Waals surface area contributed by atoms with Crippen molar-refractivity contribution in [2.75, 3.05) is 0 Å². The van der Waals surface area contributed by atoms with Crippen LogP contribution in [0.4, 0.5) is 11.4 Å². The average molecular weight is 358 g/mol. The summed E-state index contributed by atoms with van der Waals surface area (Å²) in [7, 11) is 0. The minimum Gasteiger partial charge on any atom is -0.493 e. The molecule has 2 aromatic rings. The summed E-state index contributed by atoms with van der Waals surface area (Å²) in [6, 6.07) is 5.88. The van der Waals surface area contributed by atoms with Crippen LogP contribution in [-0.4, -0.2) is 25.8 Å². The molecule has 1 heterocycles. The molecule has 0 aliphatic rings. The smallest absolute Gasteiger partial charge is 0.331 e. The molecule has 9 heteroatoms. The lowest BCUT2D eigenvalue weighted by atomic mass is 10.2. The molecule has 2 N–H and O–H groups in total. The third-order valence-corrected chi connectivity index (χ3v) is 3.57. The Hall–Kier alpha value is -3.49. The number of nitro groups is 1. The third kappa shape index (κ3) is 4.53. The Labute approximate surface area is 148 Å². The summed E-state index contributed by atoms with van der Waals surface area (Å²) in [4.78, 5) is 39.7. The minimum atomic E-state index is -0.778. The van der Waals surface area contributed by atoms with E-state index in [9.17, 15) is 24.8 Å². The van der Waals surface area contributed by atoms with Gasteiger partial charge in [-0.15, -0.1) is 0 Å². The van der Waals surface area contributed by atoms with Crippen LogP contribution in [0.3, 0.4) is 0 Å². The maximum absolute atomic E-state index is 11.8. The van der Waals surface area contributed by atoms with Crippen LogP contribution in [-0.2, 0) is 6.54 Å². The van der Waals surface area contributed by atoms with Crippen LogP contribution in [0.15, 0.2) is 44.9 Å². The molecule has 0 fully saturated rings. The topological polar surface area (TPSA) is 131 Å². The normalized spacial score (nSPS) is 11.4. The standard InChI is InChI=1S/C17H18N4O5/c1-2-3-11-20-16(23)14(15(22)19-17(20)24)18-10-4-5-12-6-8-13(9-7-12)21(25)26/h4-10,23H,2-3,11H2,1H3,(H,19,22,24)/b5-4+,18-10?. The van der Waals surface area contributed by atoms with E-state index in [2.05, 4.69) is 9.98 Å². The summed E-state index contributed by atoms with van der Waals surface area (Å²) >= 11 is 0. The van der Waals surface area contributed by atoms with E-state index in [0.717, 1.165) is 11.0 Å². The predicted molar refractivity (Wildman–Crippen MR) is 98.2 cm³/mol. The van der Waals surface area contributed by atoms with Crippen molar-refractivity contribution in [3.05, 3.63) is 66.9 Å². The van der Waals surface area contributed by atoms with Gasteiger partial charge in [0.1, 0.15) is 0 Å². The largest absolute Gasteiger partial charge is 0.493 e. The van der Waals surface area contributed by atoms with Crippen LogP contribution in [0.1, 0.15) is 25.3 Å². The Morgan fingerprint density at radius 1 is 1.31 bits per heavy atom. The van der Waals surface area contributed by atoms with Gasteiger partial charge in [-0.05, 0) is 30.2 Å². The van der Waals surface area contributed by atoms with Gasteiger partial charge in [-0.3, -0.25) is 24.5 Å². The molecule has 2 rings (SSSR count). The van der Waals surface area contributed by atoms with Crippen molar-refractivity contribution in [2.24, 2.45) is 4.99 Å². The first-order valence-corrected chi connectivity index (χ1v) is 7.95. The zero-order valence-electron chi connectivity index (χ0n) is 14.1. The highest BCUT2D eigenvalue weighted by Crippen LogP contribution is 2.19. The number of aromatic nitrogens is 2. The van der Waals surface area contributed by atoms with E-state index in [1.807, 2.05) is 6.92 Å². The first kappa shape index (κ1) is 18.8. The molecule has 0 bridgehead atoms. The molecular weight excluding hydrogens is 340 g/mol. The number of benzene rings is 1. The first-order chi connectivity index (χ1) is 12.4. The molecule has 0 saturated heterocycles. The number of nitro benzene ring substituents is 1. The molecule has 26 heavy (non-hydrogen) atoms. The highest BCUT2D eigenvalue weighted by Gasteiger charge is 2.12. The van der Waals surface area contributed by atoms with E-state index < -0.39 is 22.1 Å². The van der Waals surface area contributed by atoms with Crippen molar-refractivity contribution in [2.45, 2.75) is 26.3 Å². The average Bonchev–Trinajstić information content (AvgIpc) is 2.61. The fourth-order valence-corrected chi connectivity index (χ4v) is 2.17. The van der Waals surface area contributed by atoms with E-state index in [-0.39, 0.29) is 17.9 Å². The van der Waals surface area contributed by atoms with Gasteiger partial charge in [0.05, 0.1) is 4.92 Å². The lowest BCUT2D eigenvalue weighted by Gasteiger charge is -2.07. The zero-order chi connectivity index (χ0) is 19.1. The van der Waals surface area contributed by atoms with E-state index >= 15 is 0 Å². The van der Waals surface area contributed by atoms with Gasteiger partial charge in [0.25, 0.3) is 11.2 Å². The molecule has 0 amide bonds. The Morgan fingerprint density at radius 2 is 2.00 bits per heavy atom. The Balaban J connectivity index is 2.20. The summed E-state index contributed by atoms with van der Waals surface area (Å²) in [6.07, 6.45) is 5.93. The first-order valence-electron chi connectivity index (χ1n) is 7.95. The molecule has 1 aromatic heterocycles. The van der Waals surface area contributed by atoms with Crippen LogP contribution < -0.4 is 11.2 Å². The number of hydrogen-bond acceptors (Lipinski definition) is 6. The molecule has 1 aromatic carbocycles. The van der Waals surface area contributed by atoms with Crippen LogP contribution in [0, 0.1) is 10.1 Å². The summed E-state index contributed by atoms with van der Waals surface area (Å²) in [5.74, 6) is -0.479. The second-order valence-corrected chi connectivity index (χ2v) is 5.42. The van der Waals surface area contributed by atoms with Crippen molar-refractivity contribution in [1.29, 1.82) is 0 Å². The molecule has 0 unspecified atom stereocenters. The van der Waals surface area contributed by atoms with Crippen molar-refractivity contribution >= 4 is 23.7 Å². The van der Waals surface area contributed by atoms with Crippen LogP contribution >= 0.6 is 0 Å². The van der Waals surface area contributed by atoms with Crippen LogP contribution in [0.25, 0.3) is 6.08 Å². The Bertz CT molecular complexity index is 955. The lowest BCUT2D eigenvalue weighted by Crippen LogP contribution is -2.29. The summed E-state index contributed by atoms with van der Waals surface area (Å²) in [6.45, 7) is 2.22. The zero-order valence-corrected chi connectivity index (χ0v) is 14.1. The van der Waals surface area contributed by atoms with Gasteiger partial charge in [0.15, 0.2) is 5.69 Å². The van der Waals surface area contributed by atoms with Crippen molar-refractivity contribution in [3.63, 3.8) is 0 Å².